The van der Waals surface area contributed by atoms with Crippen molar-refractivity contribution >= 4 is 11.8 Å². The summed E-state index contributed by atoms with van der Waals surface area (Å²) >= 11 is 0. The quantitative estimate of drug-likeness (QED) is 0.765. The summed E-state index contributed by atoms with van der Waals surface area (Å²) in [5.74, 6) is -0.251. The number of aromatic carboxylic acids is 1. The van der Waals surface area contributed by atoms with Crippen molar-refractivity contribution in [2.75, 3.05) is 5.32 Å². The molecule has 1 aromatic rings. The zero-order valence-electron chi connectivity index (χ0n) is 7.73. The van der Waals surface area contributed by atoms with Gasteiger partial charge in [-0.05, 0) is 31.4 Å². The fourth-order valence-electron chi connectivity index (χ4n) is 1.40. The molecule has 14 heavy (non-hydrogen) atoms. The largest absolute Gasteiger partial charge is 0.478 e. The van der Waals surface area contributed by atoms with Crippen LogP contribution in [0.15, 0.2) is 18.3 Å². The number of carbonyl (C=O) groups is 1. The molecule has 1 aliphatic carbocycles. The summed E-state index contributed by atoms with van der Waals surface area (Å²) < 4.78 is 0. The molecule has 0 atom stereocenters. The third-order valence-corrected chi connectivity index (χ3v) is 2.46. The van der Waals surface area contributed by atoms with E-state index in [2.05, 4.69) is 10.3 Å². The summed E-state index contributed by atoms with van der Waals surface area (Å²) in [6.45, 7) is 0. The molecule has 0 amide bonds. The standard InChI is InChI=1S/C10H12N2O2/c13-10(14)7-4-5-11-9(6-7)12-8-2-1-3-8/h4-6,8H,1-3H2,(H,11,12)(H,13,14). The average Bonchev–Trinajstić information content (AvgIpc) is 2.12. The van der Waals surface area contributed by atoms with E-state index < -0.39 is 5.97 Å². The first-order valence-electron chi connectivity index (χ1n) is 4.71. The van der Waals surface area contributed by atoms with Crippen LogP contribution in [0.3, 0.4) is 0 Å². The van der Waals surface area contributed by atoms with E-state index in [4.69, 9.17) is 5.11 Å². The molecule has 0 spiro atoms. The van der Waals surface area contributed by atoms with Crippen molar-refractivity contribution in [2.24, 2.45) is 0 Å². The third-order valence-electron chi connectivity index (χ3n) is 2.46. The summed E-state index contributed by atoms with van der Waals surface area (Å²) in [5.41, 5.74) is 0.279. The number of nitrogens with zero attached hydrogens (tertiary/aromatic N) is 1. The number of hydrogen-bond donors (Lipinski definition) is 2. The first kappa shape index (κ1) is 8.99. The summed E-state index contributed by atoms with van der Waals surface area (Å²) in [6.07, 6.45) is 5.07. The van der Waals surface area contributed by atoms with E-state index >= 15 is 0 Å². The Bertz CT molecular complexity index is 348. The Morgan fingerprint density at radius 1 is 1.57 bits per heavy atom. The monoisotopic (exact) mass is 192 g/mol. The van der Waals surface area contributed by atoms with E-state index in [-0.39, 0.29) is 5.56 Å². The van der Waals surface area contributed by atoms with Crippen LogP contribution in [-0.4, -0.2) is 22.1 Å². The highest BCUT2D eigenvalue weighted by Crippen LogP contribution is 2.22. The van der Waals surface area contributed by atoms with E-state index in [0.717, 1.165) is 12.8 Å². The fourth-order valence-corrected chi connectivity index (χ4v) is 1.40. The Morgan fingerprint density at radius 2 is 2.36 bits per heavy atom. The molecule has 0 aromatic carbocycles. The smallest absolute Gasteiger partial charge is 0.335 e. The predicted molar refractivity (Wildman–Crippen MR) is 52.5 cm³/mol. The van der Waals surface area contributed by atoms with Crippen molar-refractivity contribution < 1.29 is 9.90 Å². The number of pyridine rings is 1. The Kier molecular flexibility index (Phi) is 2.35. The number of hydrogen-bond acceptors (Lipinski definition) is 3. The summed E-state index contributed by atoms with van der Waals surface area (Å²) in [6, 6.07) is 3.54. The van der Waals surface area contributed by atoms with Gasteiger partial charge >= 0.3 is 5.97 Å². The lowest BCUT2D eigenvalue weighted by molar-refractivity contribution is 0.0697. The Hall–Kier alpha value is -1.58. The highest BCUT2D eigenvalue weighted by Gasteiger charge is 2.17. The van der Waals surface area contributed by atoms with Crippen LogP contribution in [-0.2, 0) is 0 Å². The minimum absolute atomic E-state index is 0.279. The molecule has 1 fully saturated rings. The SMILES string of the molecule is O=C(O)c1ccnc(NC2CCC2)c1. The van der Waals surface area contributed by atoms with Crippen LogP contribution in [0.5, 0.6) is 0 Å². The molecule has 0 saturated heterocycles. The van der Waals surface area contributed by atoms with Crippen molar-refractivity contribution in [3.63, 3.8) is 0 Å². The fraction of sp³-hybridized carbons (Fsp3) is 0.400. The minimum atomic E-state index is -0.913. The highest BCUT2D eigenvalue weighted by atomic mass is 16.4. The predicted octanol–water partition coefficient (Wildman–Crippen LogP) is 1.74. The van der Waals surface area contributed by atoms with Gasteiger partial charge < -0.3 is 10.4 Å². The van der Waals surface area contributed by atoms with Crippen LogP contribution in [0.4, 0.5) is 5.82 Å². The maximum absolute atomic E-state index is 10.7. The van der Waals surface area contributed by atoms with E-state index in [1.54, 1.807) is 6.07 Å². The van der Waals surface area contributed by atoms with Crippen LogP contribution < -0.4 is 5.32 Å². The van der Waals surface area contributed by atoms with Crippen LogP contribution in [0.2, 0.25) is 0 Å². The van der Waals surface area contributed by atoms with E-state index in [9.17, 15) is 4.79 Å². The molecular weight excluding hydrogens is 180 g/mol. The number of aromatic nitrogens is 1. The molecule has 0 unspecified atom stereocenters. The van der Waals surface area contributed by atoms with Crippen LogP contribution in [0.25, 0.3) is 0 Å². The van der Waals surface area contributed by atoms with Gasteiger partial charge in [-0.2, -0.15) is 0 Å². The zero-order chi connectivity index (χ0) is 9.97. The van der Waals surface area contributed by atoms with Gasteiger partial charge in [-0.15, -0.1) is 0 Å². The van der Waals surface area contributed by atoms with Gasteiger partial charge in [0.05, 0.1) is 5.56 Å². The van der Waals surface area contributed by atoms with Crippen molar-refractivity contribution in [3.05, 3.63) is 23.9 Å². The lowest BCUT2D eigenvalue weighted by atomic mass is 9.93. The number of carboxylic acids is 1. The Labute approximate surface area is 82.0 Å². The van der Waals surface area contributed by atoms with Gasteiger partial charge in [0, 0.05) is 12.2 Å². The molecule has 1 heterocycles. The van der Waals surface area contributed by atoms with Crippen molar-refractivity contribution in [1.82, 2.24) is 4.98 Å². The lowest BCUT2D eigenvalue weighted by Crippen LogP contribution is -2.27. The molecule has 1 saturated carbocycles. The normalized spacial score (nSPS) is 16.0. The molecule has 0 aliphatic heterocycles. The first-order valence-corrected chi connectivity index (χ1v) is 4.71. The van der Waals surface area contributed by atoms with Gasteiger partial charge in [0.15, 0.2) is 0 Å². The molecular formula is C10H12N2O2. The molecule has 0 bridgehead atoms. The molecule has 74 valence electrons. The van der Waals surface area contributed by atoms with Gasteiger partial charge in [-0.3, -0.25) is 0 Å². The number of carboxylic acid groups (broad SMARTS) is 1. The maximum Gasteiger partial charge on any atom is 0.335 e. The summed E-state index contributed by atoms with van der Waals surface area (Å²) in [5, 5.41) is 12.0. The van der Waals surface area contributed by atoms with E-state index in [1.807, 2.05) is 0 Å². The number of anilines is 1. The van der Waals surface area contributed by atoms with Gasteiger partial charge in [0.2, 0.25) is 0 Å². The van der Waals surface area contributed by atoms with Gasteiger partial charge in [-0.1, -0.05) is 0 Å². The lowest BCUT2D eigenvalue weighted by Gasteiger charge is -2.26. The second-order valence-electron chi connectivity index (χ2n) is 3.51. The van der Waals surface area contributed by atoms with Gasteiger partial charge in [0.1, 0.15) is 5.82 Å². The van der Waals surface area contributed by atoms with Crippen molar-refractivity contribution in [1.29, 1.82) is 0 Å². The maximum atomic E-state index is 10.7. The molecule has 1 aliphatic rings. The van der Waals surface area contributed by atoms with Crippen LogP contribution in [0.1, 0.15) is 29.6 Å². The summed E-state index contributed by atoms with van der Waals surface area (Å²) in [7, 11) is 0. The number of rotatable bonds is 3. The van der Waals surface area contributed by atoms with E-state index in [1.165, 1.54) is 18.7 Å². The molecule has 1 aromatic heterocycles. The van der Waals surface area contributed by atoms with Crippen molar-refractivity contribution in [2.45, 2.75) is 25.3 Å². The molecule has 4 nitrogen and oxygen atoms in total. The Morgan fingerprint density at radius 3 is 2.93 bits per heavy atom. The third kappa shape index (κ3) is 1.84. The van der Waals surface area contributed by atoms with E-state index in [0.29, 0.717) is 11.9 Å². The van der Waals surface area contributed by atoms with Crippen molar-refractivity contribution in [3.8, 4) is 0 Å². The molecule has 0 radical (unpaired) electrons. The van der Waals surface area contributed by atoms with Gasteiger partial charge in [0.25, 0.3) is 0 Å². The Balaban J connectivity index is 2.09. The second kappa shape index (κ2) is 3.65. The summed E-state index contributed by atoms with van der Waals surface area (Å²) in [4.78, 5) is 14.7. The highest BCUT2D eigenvalue weighted by molar-refractivity contribution is 5.88. The van der Waals surface area contributed by atoms with Crippen LogP contribution >= 0.6 is 0 Å². The average molecular weight is 192 g/mol. The van der Waals surface area contributed by atoms with Crippen LogP contribution in [0, 0.1) is 0 Å². The number of nitrogens with one attached hydrogen (secondary N) is 1. The molecule has 2 N–H and O–H groups in total. The second-order valence-corrected chi connectivity index (χ2v) is 3.51. The topological polar surface area (TPSA) is 62.2 Å². The first-order chi connectivity index (χ1) is 6.75. The zero-order valence-corrected chi connectivity index (χ0v) is 7.73. The van der Waals surface area contributed by atoms with Gasteiger partial charge in [-0.25, -0.2) is 9.78 Å². The molecule has 2 rings (SSSR count). The minimum Gasteiger partial charge on any atom is -0.478 e. The molecule has 4 heteroatoms.